The highest BCUT2D eigenvalue weighted by Gasteiger charge is 2.08. The Hall–Kier alpha value is -2.86. The van der Waals surface area contributed by atoms with Crippen molar-refractivity contribution >= 4 is 23.2 Å². The molecule has 6 heteroatoms. The lowest BCUT2D eigenvalue weighted by molar-refractivity contribution is -0.119. The molecule has 2 amide bonds. The van der Waals surface area contributed by atoms with E-state index in [4.69, 9.17) is 9.47 Å². The maximum Gasteiger partial charge on any atom is 0.255 e. The van der Waals surface area contributed by atoms with Gasteiger partial charge < -0.3 is 20.1 Å². The van der Waals surface area contributed by atoms with E-state index in [9.17, 15) is 9.59 Å². The highest BCUT2D eigenvalue weighted by molar-refractivity contribution is 6.04. The Bertz CT molecular complexity index is 698. The van der Waals surface area contributed by atoms with Gasteiger partial charge in [0.2, 0.25) is 5.91 Å². The highest BCUT2D eigenvalue weighted by atomic mass is 16.5. The number of carbonyl (C=O) groups is 2. The summed E-state index contributed by atoms with van der Waals surface area (Å²) in [6, 6.07) is 13.8. The van der Waals surface area contributed by atoms with Crippen molar-refractivity contribution in [2.24, 2.45) is 0 Å². The molecule has 0 atom stereocenters. The normalized spacial score (nSPS) is 10.1. The summed E-state index contributed by atoms with van der Waals surface area (Å²) in [6.45, 7) is 2.45. The third-order valence-electron chi connectivity index (χ3n) is 3.11. The second-order valence-corrected chi connectivity index (χ2v) is 4.97. The zero-order chi connectivity index (χ0) is 17.4. The van der Waals surface area contributed by atoms with Crippen molar-refractivity contribution in [2.75, 3.05) is 31.0 Å². The molecule has 0 aliphatic carbocycles. The maximum absolute atomic E-state index is 12.3. The Morgan fingerprint density at radius 2 is 1.67 bits per heavy atom. The Labute approximate surface area is 140 Å². The lowest BCUT2D eigenvalue weighted by Crippen LogP contribution is -2.17. The Balaban J connectivity index is 2.02. The molecule has 2 rings (SSSR count). The molecule has 0 radical (unpaired) electrons. The van der Waals surface area contributed by atoms with Gasteiger partial charge in [0.05, 0.1) is 6.61 Å². The quantitative estimate of drug-likeness (QED) is 0.819. The van der Waals surface area contributed by atoms with Crippen molar-refractivity contribution in [2.45, 2.75) is 6.92 Å². The Morgan fingerprint density at radius 3 is 2.29 bits per heavy atom. The standard InChI is InChI=1S/C18H20N2O4/c1-3-24-16-9-7-13(8-10-16)18(22)20-15-6-4-5-14(11-15)19-17(21)12-23-2/h4-11H,3,12H2,1-2H3,(H,19,21)(H,20,22). The van der Waals surface area contributed by atoms with Crippen molar-refractivity contribution in [1.82, 2.24) is 0 Å². The SMILES string of the molecule is CCOc1ccc(C(=O)Nc2cccc(NC(=O)COC)c2)cc1. The molecule has 2 aromatic rings. The summed E-state index contributed by atoms with van der Waals surface area (Å²) in [5.41, 5.74) is 1.69. The van der Waals surface area contributed by atoms with Gasteiger partial charge in [0.15, 0.2) is 0 Å². The molecule has 0 heterocycles. The number of carbonyl (C=O) groups excluding carboxylic acids is 2. The molecule has 0 unspecified atom stereocenters. The molecule has 0 aliphatic heterocycles. The van der Waals surface area contributed by atoms with Gasteiger partial charge in [-0.05, 0) is 49.4 Å². The van der Waals surface area contributed by atoms with Crippen LogP contribution in [0.25, 0.3) is 0 Å². The largest absolute Gasteiger partial charge is 0.494 e. The molecule has 0 spiro atoms. The van der Waals surface area contributed by atoms with Gasteiger partial charge in [-0.1, -0.05) is 6.07 Å². The number of anilines is 2. The third-order valence-corrected chi connectivity index (χ3v) is 3.11. The van der Waals surface area contributed by atoms with Crippen LogP contribution >= 0.6 is 0 Å². The van der Waals surface area contributed by atoms with Crippen LogP contribution in [-0.4, -0.2) is 32.1 Å². The van der Waals surface area contributed by atoms with Gasteiger partial charge in [-0.15, -0.1) is 0 Å². The fourth-order valence-corrected chi connectivity index (χ4v) is 2.08. The minimum Gasteiger partial charge on any atom is -0.494 e. The summed E-state index contributed by atoms with van der Waals surface area (Å²) in [5.74, 6) is 0.225. The van der Waals surface area contributed by atoms with E-state index in [1.54, 1.807) is 48.5 Å². The van der Waals surface area contributed by atoms with E-state index < -0.39 is 0 Å². The van der Waals surface area contributed by atoms with Crippen LogP contribution in [0.15, 0.2) is 48.5 Å². The zero-order valence-electron chi connectivity index (χ0n) is 13.7. The van der Waals surface area contributed by atoms with Crippen LogP contribution in [0.5, 0.6) is 5.75 Å². The molecule has 24 heavy (non-hydrogen) atoms. The fourth-order valence-electron chi connectivity index (χ4n) is 2.08. The summed E-state index contributed by atoms with van der Waals surface area (Å²) < 4.78 is 10.1. The number of nitrogens with one attached hydrogen (secondary N) is 2. The first kappa shape index (κ1) is 17.5. The molecule has 2 aromatic carbocycles. The Kier molecular flexibility index (Phi) is 6.33. The lowest BCUT2D eigenvalue weighted by Gasteiger charge is -2.09. The monoisotopic (exact) mass is 328 g/mol. The summed E-state index contributed by atoms with van der Waals surface area (Å²) in [4.78, 5) is 23.8. The maximum atomic E-state index is 12.3. The first-order valence-corrected chi connectivity index (χ1v) is 7.55. The topological polar surface area (TPSA) is 76.7 Å². The number of hydrogen-bond donors (Lipinski definition) is 2. The van der Waals surface area contributed by atoms with Crippen LogP contribution in [-0.2, 0) is 9.53 Å². The average Bonchev–Trinajstić information content (AvgIpc) is 2.56. The molecule has 2 N–H and O–H groups in total. The van der Waals surface area contributed by atoms with Gasteiger partial charge in [0.1, 0.15) is 12.4 Å². The molecule has 0 saturated heterocycles. The van der Waals surface area contributed by atoms with Crippen LogP contribution in [0.4, 0.5) is 11.4 Å². The van der Waals surface area contributed by atoms with Crippen LogP contribution < -0.4 is 15.4 Å². The number of rotatable bonds is 7. The predicted molar refractivity (Wildman–Crippen MR) is 92.5 cm³/mol. The first-order chi connectivity index (χ1) is 11.6. The average molecular weight is 328 g/mol. The predicted octanol–water partition coefficient (Wildman–Crippen LogP) is 2.92. The van der Waals surface area contributed by atoms with Crippen molar-refractivity contribution in [3.8, 4) is 5.75 Å². The van der Waals surface area contributed by atoms with Crippen molar-refractivity contribution in [3.05, 3.63) is 54.1 Å². The van der Waals surface area contributed by atoms with Gasteiger partial charge in [-0.25, -0.2) is 0 Å². The van der Waals surface area contributed by atoms with Gasteiger partial charge in [0.25, 0.3) is 5.91 Å². The van der Waals surface area contributed by atoms with E-state index in [1.165, 1.54) is 7.11 Å². The second kappa shape index (κ2) is 8.69. The molecular weight excluding hydrogens is 308 g/mol. The van der Waals surface area contributed by atoms with Gasteiger partial charge in [-0.2, -0.15) is 0 Å². The zero-order valence-corrected chi connectivity index (χ0v) is 13.7. The van der Waals surface area contributed by atoms with Crippen LogP contribution in [0, 0.1) is 0 Å². The van der Waals surface area contributed by atoms with Crippen LogP contribution in [0.3, 0.4) is 0 Å². The summed E-state index contributed by atoms with van der Waals surface area (Å²) in [7, 11) is 1.45. The molecule has 0 saturated carbocycles. The van der Waals surface area contributed by atoms with Crippen molar-refractivity contribution in [3.63, 3.8) is 0 Å². The summed E-state index contributed by atoms with van der Waals surface area (Å²) in [6.07, 6.45) is 0. The molecular formula is C18H20N2O4. The molecule has 6 nitrogen and oxygen atoms in total. The number of amides is 2. The van der Waals surface area contributed by atoms with E-state index in [-0.39, 0.29) is 18.4 Å². The van der Waals surface area contributed by atoms with Crippen molar-refractivity contribution in [1.29, 1.82) is 0 Å². The van der Waals surface area contributed by atoms with E-state index >= 15 is 0 Å². The number of hydrogen-bond acceptors (Lipinski definition) is 4. The molecule has 0 aromatic heterocycles. The van der Waals surface area contributed by atoms with Crippen molar-refractivity contribution < 1.29 is 19.1 Å². The van der Waals surface area contributed by atoms with Crippen LogP contribution in [0.2, 0.25) is 0 Å². The smallest absolute Gasteiger partial charge is 0.255 e. The van der Waals surface area contributed by atoms with E-state index in [0.717, 1.165) is 5.75 Å². The van der Waals surface area contributed by atoms with Crippen LogP contribution in [0.1, 0.15) is 17.3 Å². The van der Waals surface area contributed by atoms with Gasteiger partial charge >= 0.3 is 0 Å². The fraction of sp³-hybridized carbons (Fsp3) is 0.222. The first-order valence-electron chi connectivity index (χ1n) is 7.55. The number of methoxy groups -OCH3 is 1. The highest BCUT2D eigenvalue weighted by Crippen LogP contribution is 2.17. The minimum atomic E-state index is -0.257. The van der Waals surface area contributed by atoms with E-state index in [2.05, 4.69) is 10.6 Å². The van der Waals surface area contributed by atoms with E-state index in [0.29, 0.717) is 23.5 Å². The molecule has 0 bridgehead atoms. The molecule has 0 fully saturated rings. The third kappa shape index (κ3) is 5.10. The summed E-state index contributed by atoms with van der Waals surface area (Å²) in [5, 5.41) is 5.48. The van der Waals surface area contributed by atoms with Gasteiger partial charge in [-0.3, -0.25) is 9.59 Å². The van der Waals surface area contributed by atoms with Gasteiger partial charge in [0, 0.05) is 24.0 Å². The Morgan fingerprint density at radius 1 is 1.00 bits per heavy atom. The lowest BCUT2D eigenvalue weighted by atomic mass is 10.2. The van der Waals surface area contributed by atoms with E-state index in [1.807, 2.05) is 6.92 Å². The number of benzene rings is 2. The number of ether oxygens (including phenoxy) is 2. The molecule has 0 aliphatic rings. The molecule has 126 valence electrons. The summed E-state index contributed by atoms with van der Waals surface area (Å²) >= 11 is 0. The minimum absolute atomic E-state index is 0.0250. The second-order valence-electron chi connectivity index (χ2n) is 4.97.